The van der Waals surface area contributed by atoms with Gasteiger partial charge in [0.15, 0.2) is 0 Å². The number of benzene rings is 2. The molecule has 20 heavy (non-hydrogen) atoms. The van der Waals surface area contributed by atoms with Crippen molar-refractivity contribution in [2.75, 3.05) is 11.9 Å². The van der Waals surface area contributed by atoms with Crippen LogP contribution in [-0.2, 0) is 10.1 Å². The van der Waals surface area contributed by atoms with Crippen LogP contribution in [0, 0.1) is 0 Å². The lowest BCUT2D eigenvalue weighted by Gasteiger charge is -2.12. The fourth-order valence-electron chi connectivity index (χ4n) is 1.95. The van der Waals surface area contributed by atoms with Gasteiger partial charge in [-0.1, -0.05) is 30.3 Å². The number of urea groups is 1. The van der Waals surface area contributed by atoms with Crippen molar-refractivity contribution in [3.05, 3.63) is 36.4 Å². The predicted molar refractivity (Wildman–Crippen MR) is 76.5 cm³/mol. The van der Waals surface area contributed by atoms with Crippen molar-refractivity contribution in [3.8, 4) is 0 Å². The molecule has 0 aliphatic heterocycles. The van der Waals surface area contributed by atoms with Crippen LogP contribution in [-0.4, -0.2) is 25.5 Å². The van der Waals surface area contributed by atoms with Gasteiger partial charge in [0.05, 0.1) is 5.69 Å². The number of hydrogen-bond acceptors (Lipinski definition) is 3. The van der Waals surface area contributed by atoms with E-state index >= 15 is 0 Å². The Hall–Kier alpha value is -2.12. The molecule has 2 aromatic carbocycles. The van der Waals surface area contributed by atoms with E-state index in [2.05, 4.69) is 10.6 Å². The topological polar surface area (TPSA) is 95.5 Å². The standard InChI is InChI=1S/C13H14N2O4S/c1-2-14-13(16)15-11-8-7-9-5-3-4-6-10(9)12(11)20(17,18)19/h3-8H,2H2,1H3,(H2,14,15,16)(H,17,18,19). The molecule has 2 aromatic rings. The lowest BCUT2D eigenvalue weighted by Crippen LogP contribution is -2.28. The molecule has 0 spiro atoms. The van der Waals surface area contributed by atoms with Crippen molar-refractivity contribution in [2.45, 2.75) is 11.8 Å². The minimum Gasteiger partial charge on any atom is -0.338 e. The maximum atomic E-state index is 11.6. The van der Waals surface area contributed by atoms with Gasteiger partial charge in [0.1, 0.15) is 4.90 Å². The summed E-state index contributed by atoms with van der Waals surface area (Å²) >= 11 is 0. The second-order valence-electron chi connectivity index (χ2n) is 4.12. The number of rotatable bonds is 3. The number of amides is 2. The van der Waals surface area contributed by atoms with Gasteiger partial charge in [0.2, 0.25) is 0 Å². The molecule has 0 unspecified atom stereocenters. The highest BCUT2D eigenvalue weighted by Gasteiger charge is 2.20. The van der Waals surface area contributed by atoms with Crippen LogP contribution in [0.2, 0.25) is 0 Å². The summed E-state index contributed by atoms with van der Waals surface area (Å²) in [5.74, 6) is 0. The van der Waals surface area contributed by atoms with Crippen LogP contribution in [0.5, 0.6) is 0 Å². The summed E-state index contributed by atoms with van der Waals surface area (Å²) in [5, 5.41) is 5.92. The van der Waals surface area contributed by atoms with E-state index in [9.17, 15) is 17.8 Å². The molecule has 0 fully saturated rings. The van der Waals surface area contributed by atoms with Gasteiger partial charge in [0, 0.05) is 11.9 Å². The molecule has 0 bridgehead atoms. The molecule has 0 saturated heterocycles. The molecule has 2 rings (SSSR count). The van der Waals surface area contributed by atoms with Crippen LogP contribution < -0.4 is 10.6 Å². The van der Waals surface area contributed by atoms with E-state index in [1.807, 2.05) is 0 Å². The molecule has 0 aliphatic rings. The van der Waals surface area contributed by atoms with Gasteiger partial charge in [-0.15, -0.1) is 0 Å². The zero-order valence-electron chi connectivity index (χ0n) is 10.8. The summed E-state index contributed by atoms with van der Waals surface area (Å²) in [5.41, 5.74) is 0.0390. The first-order valence-corrected chi connectivity index (χ1v) is 7.41. The van der Waals surface area contributed by atoms with Gasteiger partial charge >= 0.3 is 6.03 Å². The summed E-state index contributed by atoms with van der Waals surface area (Å²) < 4.78 is 32.6. The summed E-state index contributed by atoms with van der Waals surface area (Å²) in [6.07, 6.45) is 0. The second-order valence-corrected chi connectivity index (χ2v) is 5.48. The van der Waals surface area contributed by atoms with E-state index < -0.39 is 16.1 Å². The first kappa shape index (κ1) is 14.3. The number of carbonyl (C=O) groups is 1. The predicted octanol–water partition coefficient (Wildman–Crippen LogP) is 2.23. The maximum absolute atomic E-state index is 11.6. The number of hydrogen-bond donors (Lipinski definition) is 3. The summed E-state index contributed by atoms with van der Waals surface area (Å²) in [7, 11) is -4.46. The third-order valence-corrected chi connectivity index (χ3v) is 3.68. The highest BCUT2D eigenvalue weighted by atomic mass is 32.2. The van der Waals surface area contributed by atoms with Crippen LogP contribution in [0.4, 0.5) is 10.5 Å². The summed E-state index contributed by atoms with van der Waals surface area (Å²) in [4.78, 5) is 11.2. The molecule has 0 atom stereocenters. The van der Waals surface area contributed by atoms with Crippen molar-refractivity contribution in [3.63, 3.8) is 0 Å². The van der Waals surface area contributed by atoms with Crippen LogP contribution >= 0.6 is 0 Å². The highest BCUT2D eigenvalue weighted by Crippen LogP contribution is 2.30. The molecular formula is C13H14N2O4S. The molecule has 3 N–H and O–H groups in total. The largest absolute Gasteiger partial charge is 0.338 e. The van der Waals surface area contributed by atoms with E-state index in [1.165, 1.54) is 6.07 Å². The molecule has 106 valence electrons. The molecule has 0 heterocycles. The number of fused-ring (bicyclic) bond motifs is 1. The highest BCUT2D eigenvalue weighted by molar-refractivity contribution is 7.86. The Morgan fingerprint density at radius 3 is 2.55 bits per heavy atom. The lowest BCUT2D eigenvalue weighted by molar-refractivity contribution is 0.252. The monoisotopic (exact) mass is 294 g/mol. The Kier molecular flexibility index (Phi) is 3.91. The average molecular weight is 294 g/mol. The van der Waals surface area contributed by atoms with Gasteiger partial charge in [-0.2, -0.15) is 8.42 Å². The fraction of sp³-hybridized carbons (Fsp3) is 0.154. The molecular weight excluding hydrogens is 280 g/mol. The Balaban J connectivity index is 2.63. The van der Waals surface area contributed by atoms with Gasteiger partial charge < -0.3 is 10.6 Å². The molecule has 0 radical (unpaired) electrons. The van der Waals surface area contributed by atoms with Crippen LogP contribution in [0.3, 0.4) is 0 Å². The maximum Gasteiger partial charge on any atom is 0.319 e. The minimum atomic E-state index is -4.46. The second kappa shape index (κ2) is 5.48. The van der Waals surface area contributed by atoms with Crippen molar-refractivity contribution >= 4 is 32.6 Å². The Morgan fingerprint density at radius 1 is 1.20 bits per heavy atom. The molecule has 0 saturated carbocycles. The lowest BCUT2D eigenvalue weighted by atomic mass is 10.1. The van der Waals surface area contributed by atoms with Crippen molar-refractivity contribution in [1.82, 2.24) is 5.32 Å². The van der Waals surface area contributed by atoms with Gasteiger partial charge in [-0.3, -0.25) is 4.55 Å². The van der Waals surface area contributed by atoms with Crippen LogP contribution in [0.1, 0.15) is 6.92 Å². The minimum absolute atomic E-state index is 0.0390. The fourth-order valence-corrected chi connectivity index (χ4v) is 2.81. The van der Waals surface area contributed by atoms with Crippen molar-refractivity contribution in [2.24, 2.45) is 0 Å². The molecule has 7 heteroatoms. The number of carbonyl (C=O) groups excluding carboxylic acids is 1. The molecule has 0 aromatic heterocycles. The molecule has 2 amide bonds. The summed E-state index contributed by atoms with van der Waals surface area (Å²) in [6, 6.07) is 9.29. The van der Waals surface area contributed by atoms with E-state index in [4.69, 9.17) is 0 Å². The zero-order chi connectivity index (χ0) is 14.8. The zero-order valence-corrected chi connectivity index (χ0v) is 11.6. The number of anilines is 1. The van der Waals surface area contributed by atoms with Crippen molar-refractivity contribution in [1.29, 1.82) is 0 Å². The smallest absolute Gasteiger partial charge is 0.319 e. The van der Waals surface area contributed by atoms with E-state index in [1.54, 1.807) is 37.3 Å². The van der Waals surface area contributed by atoms with Gasteiger partial charge in [-0.25, -0.2) is 4.79 Å². The Bertz CT molecular complexity index is 756. The molecule has 6 nitrogen and oxygen atoms in total. The van der Waals surface area contributed by atoms with Crippen LogP contribution in [0.15, 0.2) is 41.3 Å². The Morgan fingerprint density at radius 2 is 1.90 bits per heavy atom. The average Bonchev–Trinajstić information content (AvgIpc) is 2.37. The van der Waals surface area contributed by atoms with E-state index in [-0.39, 0.29) is 10.6 Å². The first-order valence-electron chi connectivity index (χ1n) is 5.97. The quantitative estimate of drug-likeness (QED) is 0.756. The number of nitrogens with one attached hydrogen (secondary N) is 2. The third kappa shape index (κ3) is 2.89. The van der Waals surface area contributed by atoms with E-state index in [0.717, 1.165) is 0 Å². The van der Waals surface area contributed by atoms with Crippen molar-refractivity contribution < 1.29 is 17.8 Å². The first-order chi connectivity index (χ1) is 9.43. The normalized spacial score (nSPS) is 11.3. The van der Waals surface area contributed by atoms with Gasteiger partial charge in [-0.05, 0) is 18.4 Å². The third-order valence-electron chi connectivity index (χ3n) is 2.72. The summed E-state index contributed by atoms with van der Waals surface area (Å²) in [6.45, 7) is 2.14. The Labute approximate surface area is 116 Å². The van der Waals surface area contributed by atoms with Gasteiger partial charge in [0.25, 0.3) is 10.1 Å². The molecule has 0 aliphatic carbocycles. The van der Waals surface area contributed by atoms with E-state index in [0.29, 0.717) is 17.3 Å². The van der Waals surface area contributed by atoms with Crippen LogP contribution in [0.25, 0.3) is 10.8 Å². The SMILES string of the molecule is CCNC(=O)Nc1ccc2ccccc2c1S(=O)(=O)O.